The van der Waals surface area contributed by atoms with Gasteiger partial charge in [0.2, 0.25) is 0 Å². The number of nitrogens with one attached hydrogen (secondary N) is 1. The molecule has 2 aromatic rings. The van der Waals surface area contributed by atoms with Crippen molar-refractivity contribution in [1.29, 1.82) is 0 Å². The first kappa shape index (κ1) is 18.5. The van der Waals surface area contributed by atoms with E-state index in [1.165, 1.54) is 11.1 Å². The molecule has 0 saturated carbocycles. The van der Waals surface area contributed by atoms with E-state index in [9.17, 15) is 0 Å². The van der Waals surface area contributed by atoms with Crippen LogP contribution in [0.2, 0.25) is 0 Å². The Morgan fingerprint density at radius 3 is 2.27 bits per heavy atom. The van der Waals surface area contributed by atoms with Crippen LogP contribution < -0.4 is 10.1 Å². The molecule has 0 saturated heterocycles. The molecule has 0 amide bonds. The summed E-state index contributed by atoms with van der Waals surface area (Å²) in [6.45, 7) is 5.34. The summed E-state index contributed by atoms with van der Waals surface area (Å²) in [6.07, 6.45) is 0. The van der Waals surface area contributed by atoms with Gasteiger partial charge in [0.05, 0.1) is 12.6 Å². The number of halogens is 1. The van der Waals surface area contributed by atoms with Gasteiger partial charge in [0.15, 0.2) is 0 Å². The first-order valence-electron chi connectivity index (χ1n) is 7.29. The maximum atomic E-state index is 9.02. The molecule has 1 unspecified atom stereocenters. The minimum Gasteiger partial charge on any atom is -0.492 e. The minimum absolute atomic E-state index is 0. The van der Waals surface area contributed by atoms with Crippen LogP contribution in [0.4, 0.5) is 0 Å². The molecule has 22 heavy (non-hydrogen) atoms. The van der Waals surface area contributed by atoms with Gasteiger partial charge in [-0.05, 0) is 42.7 Å². The molecule has 0 fully saturated rings. The molecular weight excluding hydrogens is 298 g/mol. The van der Waals surface area contributed by atoms with Gasteiger partial charge >= 0.3 is 0 Å². The molecule has 2 N–H and O–H groups in total. The van der Waals surface area contributed by atoms with Crippen molar-refractivity contribution in [3.05, 3.63) is 65.2 Å². The highest BCUT2D eigenvalue weighted by Gasteiger charge is 2.11. The quantitative estimate of drug-likeness (QED) is 0.821. The van der Waals surface area contributed by atoms with Gasteiger partial charge in [-0.3, -0.25) is 0 Å². The summed E-state index contributed by atoms with van der Waals surface area (Å²) < 4.78 is 5.94. The predicted octanol–water partition coefficient (Wildman–Crippen LogP) is 3.43. The fourth-order valence-corrected chi connectivity index (χ4v) is 2.39. The Bertz CT molecular complexity index is 540. The van der Waals surface area contributed by atoms with Crippen LogP contribution in [0.1, 0.15) is 22.7 Å². The van der Waals surface area contributed by atoms with Crippen LogP contribution in [0, 0.1) is 13.8 Å². The number of rotatable bonds is 7. The Hall–Kier alpha value is -1.55. The van der Waals surface area contributed by atoms with Crippen molar-refractivity contribution < 1.29 is 9.84 Å². The largest absolute Gasteiger partial charge is 0.492 e. The molecule has 0 aliphatic heterocycles. The van der Waals surface area contributed by atoms with Crippen molar-refractivity contribution >= 4 is 12.4 Å². The molecule has 0 aliphatic rings. The Balaban J connectivity index is 0.00000242. The zero-order valence-corrected chi connectivity index (χ0v) is 13.9. The molecule has 120 valence electrons. The number of aliphatic hydroxyl groups is 1. The van der Waals surface area contributed by atoms with Gasteiger partial charge in [-0.25, -0.2) is 0 Å². The molecule has 2 aromatic carbocycles. The fourth-order valence-electron chi connectivity index (χ4n) is 2.39. The first-order valence-corrected chi connectivity index (χ1v) is 7.29. The second-order valence-corrected chi connectivity index (χ2v) is 5.28. The van der Waals surface area contributed by atoms with Crippen LogP contribution in [0.5, 0.6) is 5.75 Å². The molecule has 0 radical (unpaired) electrons. The van der Waals surface area contributed by atoms with Gasteiger partial charge in [-0.15, -0.1) is 12.4 Å². The fraction of sp³-hybridized carbons (Fsp3) is 0.333. The molecule has 0 bridgehead atoms. The van der Waals surface area contributed by atoms with E-state index in [2.05, 4.69) is 37.4 Å². The highest BCUT2D eigenvalue weighted by molar-refractivity contribution is 5.85. The van der Waals surface area contributed by atoms with Crippen LogP contribution >= 0.6 is 12.4 Å². The summed E-state index contributed by atoms with van der Waals surface area (Å²) in [5.74, 6) is 0.888. The second-order valence-electron chi connectivity index (χ2n) is 5.28. The van der Waals surface area contributed by atoms with Gasteiger partial charge in [0, 0.05) is 6.54 Å². The highest BCUT2D eigenvalue weighted by Crippen LogP contribution is 2.19. The van der Waals surface area contributed by atoms with Crippen LogP contribution in [-0.4, -0.2) is 24.9 Å². The van der Waals surface area contributed by atoms with E-state index in [0.29, 0.717) is 13.2 Å². The minimum atomic E-state index is 0. The third kappa shape index (κ3) is 5.68. The summed E-state index contributed by atoms with van der Waals surface area (Å²) in [7, 11) is 0. The average molecular weight is 322 g/mol. The molecule has 0 heterocycles. The van der Waals surface area contributed by atoms with Crippen LogP contribution in [0.15, 0.2) is 48.5 Å². The van der Waals surface area contributed by atoms with E-state index in [4.69, 9.17) is 9.84 Å². The number of hydrogen-bond donors (Lipinski definition) is 2. The molecule has 1 atom stereocenters. The molecule has 0 aliphatic carbocycles. The molecule has 3 nitrogen and oxygen atoms in total. The van der Waals surface area contributed by atoms with E-state index in [1.807, 2.05) is 30.3 Å². The van der Waals surface area contributed by atoms with Crippen molar-refractivity contribution in [2.75, 3.05) is 19.8 Å². The Kier molecular flexibility index (Phi) is 7.96. The van der Waals surface area contributed by atoms with E-state index in [-0.39, 0.29) is 25.1 Å². The van der Waals surface area contributed by atoms with Crippen LogP contribution in [-0.2, 0) is 0 Å². The van der Waals surface area contributed by atoms with Gasteiger partial charge in [-0.2, -0.15) is 0 Å². The highest BCUT2D eigenvalue weighted by atomic mass is 35.5. The lowest BCUT2D eigenvalue weighted by atomic mass is 10.1. The smallest absolute Gasteiger partial charge is 0.119 e. The summed E-state index contributed by atoms with van der Waals surface area (Å²) in [4.78, 5) is 0. The monoisotopic (exact) mass is 321 g/mol. The Morgan fingerprint density at radius 1 is 1.05 bits per heavy atom. The Labute approximate surface area is 138 Å². The van der Waals surface area contributed by atoms with Gasteiger partial charge < -0.3 is 15.2 Å². The second kappa shape index (κ2) is 9.46. The lowest BCUT2D eigenvalue weighted by molar-refractivity contribution is 0.242. The first-order chi connectivity index (χ1) is 10.2. The standard InChI is InChI=1S/C18H23NO2.ClH/c1-14-10-15(2)12-17(11-14)21-13-18(19-8-9-20)16-6-4-3-5-7-16;/h3-7,10-12,18-20H,8-9,13H2,1-2H3;1H. The lowest BCUT2D eigenvalue weighted by Crippen LogP contribution is -2.29. The summed E-state index contributed by atoms with van der Waals surface area (Å²) in [5, 5.41) is 12.3. The maximum absolute atomic E-state index is 9.02. The third-order valence-electron chi connectivity index (χ3n) is 3.32. The number of benzene rings is 2. The van der Waals surface area contributed by atoms with Crippen molar-refractivity contribution in [3.63, 3.8) is 0 Å². The van der Waals surface area contributed by atoms with E-state index in [0.717, 1.165) is 11.3 Å². The summed E-state index contributed by atoms with van der Waals surface area (Å²) in [6, 6.07) is 16.4. The van der Waals surface area contributed by atoms with Crippen molar-refractivity contribution in [3.8, 4) is 5.75 Å². The van der Waals surface area contributed by atoms with Crippen LogP contribution in [0.25, 0.3) is 0 Å². The third-order valence-corrected chi connectivity index (χ3v) is 3.32. The van der Waals surface area contributed by atoms with E-state index in [1.54, 1.807) is 0 Å². The molecule has 0 aromatic heterocycles. The van der Waals surface area contributed by atoms with E-state index >= 15 is 0 Å². The maximum Gasteiger partial charge on any atom is 0.119 e. The molecule has 4 heteroatoms. The van der Waals surface area contributed by atoms with Gasteiger partial charge in [0.1, 0.15) is 12.4 Å². The normalized spacial score (nSPS) is 11.6. The zero-order chi connectivity index (χ0) is 15.1. The average Bonchev–Trinajstić information content (AvgIpc) is 2.47. The number of aryl methyl sites for hydroxylation is 2. The van der Waals surface area contributed by atoms with Gasteiger partial charge in [0.25, 0.3) is 0 Å². The lowest BCUT2D eigenvalue weighted by Gasteiger charge is -2.20. The molecule has 2 rings (SSSR count). The SMILES string of the molecule is Cc1cc(C)cc(OCC(NCCO)c2ccccc2)c1.Cl. The zero-order valence-electron chi connectivity index (χ0n) is 13.1. The number of hydrogen-bond acceptors (Lipinski definition) is 3. The summed E-state index contributed by atoms with van der Waals surface area (Å²) in [5.41, 5.74) is 3.56. The number of ether oxygens (including phenoxy) is 1. The topological polar surface area (TPSA) is 41.5 Å². The van der Waals surface area contributed by atoms with Crippen molar-refractivity contribution in [2.24, 2.45) is 0 Å². The predicted molar refractivity (Wildman–Crippen MR) is 92.9 cm³/mol. The van der Waals surface area contributed by atoms with Gasteiger partial charge in [-0.1, -0.05) is 36.4 Å². The van der Waals surface area contributed by atoms with E-state index < -0.39 is 0 Å². The van der Waals surface area contributed by atoms with Crippen LogP contribution in [0.3, 0.4) is 0 Å². The van der Waals surface area contributed by atoms with Crippen molar-refractivity contribution in [1.82, 2.24) is 5.32 Å². The number of aliphatic hydroxyl groups excluding tert-OH is 1. The molecular formula is C18H24ClNO2. The Morgan fingerprint density at radius 2 is 1.68 bits per heavy atom. The molecule has 0 spiro atoms. The van der Waals surface area contributed by atoms with Crippen molar-refractivity contribution in [2.45, 2.75) is 19.9 Å². The summed E-state index contributed by atoms with van der Waals surface area (Å²) >= 11 is 0.